The van der Waals surface area contributed by atoms with Crippen molar-refractivity contribution in [3.8, 4) is 0 Å². The zero-order chi connectivity index (χ0) is 10.6. The molecule has 1 aromatic rings. The van der Waals surface area contributed by atoms with Gasteiger partial charge in [-0.15, -0.1) is 0 Å². The fourth-order valence-electron chi connectivity index (χ4n) is 1.08. The summed E-state index contributed by atoms with van der Waals surface area (Å²) in [6.45, 7) is 3.43. The molecule has 1 rings (SSSR count). The molecule has 0 spiro atoms. The molecule has 1 aromatic carbocycles. The molecule has 0 aliphatic rings. The summed E-state index contributed by atoms with van der Waals surface area (Å²) in [4.78, 5) is 10.1. The van der Waals surface area contributed by atoms with Gasteiger partial charge in [0.15, 0.2) is 0 Å². The third kappa shape index (κ3) is 2.68. The van der Waals surface area contributed by atoms with E-state index in [4.69, 9.17) is 11.6 Å². The van der Waals surface area contributed by atoms with Crippen LogP contribution >= 0.6 is 11.6 Å². The minimum Gasteiger partial charge on any atom is -0.313 e. The third-order valence-electron chi connectivity index (χ3n) is 1.79. The highest BCUT2D eigenvalue weighted by Gasteiger charge is 2.11. The summed E-state index contributed by atoms with van der Waals surface area (Å²) in [6.07, 6.45) is 0. The van der Waals surface area contributed by atoms with Crippen LogP contribution in [-0.4, -0.2) is 11.5 Å². The minimum absolute atomic E-state index is 0.0398. The molecule has 0 radical (unpaired) electrons. The molecule has 0 aliphatic heterocycles. The summed E-state index contributed by atoms with van der Waals surface area (Å²) < 4.78 is 0. The van der Waals surface area contributed by atoms with Gasteiger partial charge >= 0.3 is 0 Å². The first-order valence-corrected chi connectivity index (χ1v) is 4.66. The van der Waals surface area contributed by atoms with Gasteiger partial charge in [0.25, 0.3) is 5.69 Å². The Bertz CT molecular complexity index is 342. The Morgan fingerprint density at radius 2 is 2.29 bits per heavy atom. The van der Waals surface area contributed by atoms with Crippen LogP contribution in [0, 0.1) is 10.1 Å². The zero-order valence-corrected chi connectivity index (χ0v) is 8.54. The van der Waals surface area contributed by atoms with E-state index in [9.17, 15) is 10.1 Å². The lowest BCUT2D eigenvalue weighted by Gasteiger charge is -2.02. The number of nitro benzene ring substituents is 1. The van der Waals surface area contributed by atoms with Crippen molar-refractivity contribution in [1.29, 1.82) is 0 Å². The second kappa shape index (κ2) is 4.93. The Kier molecular flexibility index (Phi) is 3.85. The second-order valence-corrected chi connectivity index (χ2v) is 3.23. The topological polar surface area (TPSA) is 55.2 Å². The number of hydrogen-bond donors (Lipinski definition) is 1. The quantitative estimate of drug-likeness (QED) is 0.618. The molecule has 14 heavy (non-hydrogen) atoms. The van der Waals surface area contributed by atoms with Crippen molar-refractivity contribution in [2.75, 3.05) is 6.54 Å². The van der Waals surface area contributed by atoms with Crippen LogP contribution in [0.5, 0.6) is 0 Å². The molecule has 0 unspecified atom stereocenters. The largest absolute Gasteiger partial charge is 0.313 e. The number of halogens is 1. The van der Waals surface area contributed by atoms with Crippen LogP contribution in [0.15, 0.2) is 18.2 Å². The predicted octanol–water partition coefficient (Wildman–Crippen LogP) is 2.36. The Morgan fingerprint density at radius 1 is 1.57 bits per heavy atom. The number of nitrogens with zero attached hydrogens (tertiary/aromatic N) is 1. The smallest absolute Gasteiger partial charge is 0.288 e. The number of nitro groups is 1. The van der Waals surface area contributed by atoms with Gasteiger partial charge < -0.3 is 5.32 Å². The minimum atomic E-state index is -0.474. The van der Waals surface area contributed by atoms with E-state index >= 15 is 0 Å². The molecule has 0 saturated heterocycles. The van der Waals surface area contributed by atoms with Crippen LogP contribution in [0.2, 0.25) is 5.02 Å². The highest BCUT2D eigenvalue weighted by molar-refractivity contribution is 6.32. The van der Waals surface area contributed by atoms with Gasteiger partial charge in [-0.25, -0.2) is 0 Å². The monoisotopic (exact) mass is 214 g/mol. The summed E-state index contributed by atoms with van der Waals surface area (Å²) in [5.41, 5.74) is 0.824. The van der Waals surface area contributed by atoms with Gasteiger partial charge in [-0.2, -0.15) is 0 Å². The lowest BCUT2D eigenvalue weighted by atomic mass is 10.2. The summed E-state index contributed by atoms with van der Waals surface area (Å²) in [6, 6.07) is 4.81. The van der Waals surface area contributed by atoms with E-state index in [0.29, 0.717) is 6.54 Å². The molecule has 0 aromatic heterocycles. The van der Waals surface area contributed by atoms with E-state index in [1.54, 1.807) is 12.1 Å². The maximum Gasteiger partial charge on any atom is 0.288 e. The first-order valence-electron chi connectivity index (χ1n) is 4.28. The van der Waals surface area contributed by atoms with Gasteiger partial charge in [0.2, 0.25) is 0 Å². The first-order chi connectivity index (χ1) is 6.65. The van der Waals surface area contributed by atoms with Crippen LogP contribution in [0.25, 0.3) is 0 Å². The summed E-state index contributed by atoms with van der Waals surface area (Å²) >= 11 is 5.66. The number of nitrogens with one attached hydrogen (secondary N) is 1. The average Bonchev–Trinajstić information content (AvgIpc) is 2.16. The molecule has 1 N–H and O–H groups in total. The molecule has 0 aliphatic carbocycles. The molecular weight excluding hydrogens is 204 g/mol. The van der Waals surface area contributed by atoms with E-state index in [0.717, 1.165) is 12.1 Å². The van der Waals surface area contributed by atoms with Crippen molar-refractivity contribution < 1.29 is 4.92 Å². The standard InChI is InChI=1S/C9H11ClN2O2/c1-2-11-6-7-3-4-8(10)9(5-7)12(13)14/h3-5,11H,2,6H2,1H3. The van der Waals surface area contributed by atoms with Gasteiger partial charge in [-0.3, -0.25) is 10.1 Å². The molecule has 0 heterocycles. The van der Waals surface area contributed by atoms with Gasteiger partial charge in [0.1, 0.15) is 5.02 Å². The lowest BCUT2D eigenvalue weighted by Crippen LogP contribution is -2.11. The molecular formula is C9H11ClN2O2. The number of benzene rings is 1. The van der Waals surface area contributed by atoms with Crippen molar-refractivity contribution >= 4 is 17.3 Å². The molecule has 4 nitrogen and oxygen atoms in total. The number of hydrogen-bond acceptors (Lipinski definition) is 3. The molecule has 0 fully saturated rings. The van der Waals surface area contributed by atoms with E-state index in [1.165, 1.54) is 6.07 Å². The van der Waals surface area contributed by atoms with Gasteiger partial charge in [-0.05, 0) is 18.2 Å². The summed E-state index contributed by atoms with van der Waals surface area (Å²) in [5, 5.41) is 13.8. The fourth-order valence-corrected chi connectivity index (χ4v) is 1.26. The first kappa shape index (κ1) is 10.9. The molecule has 5 heteroatoms. The maximum atomic E-state index is 10.5. The SMILES string of the molecule is CCNCc1ccc(Cl)c([N+](=O)[O-])c1. The second-order valence-electron chi connectivity index (χ2n) is 2.82. The van der Waals surface area contributed by atoms with Gasteiger partial charge in [0, 0.05) is 12.6 Å². The predicted molar refractivity (Wildman–Crippen MR) is 55.5 cm³/mol. The van der Waals surface area contributed by atoms with Crippen molar-refractivity contribution in [1.82, 2.24) is 5.32 Å². The van der Waals surface area contributed by atoms with Crippen molar-refractivity contribution in [2.45, 2.75) is 13.5 Å². The lowest BCUT2D eigenvalue weighted by molar-refractivity contribution is -0.384. The molecule has 0 saturated carbocycles. The van der Waals surface area contributed by atoms with Crippen molar-refractivity contribution in [2.24, 2.45) is 0 Å². The Labute approximate surface area is 87.0 Å². The highest BCUT2D eigenvalue weighted by atomic mass is 35.5. The Balaban J connectivity index is 2.89. The third-order valence-corrected chi connectivity index (χ3v) is 2.11. The van der Waals surface area contributed by atoms with E-state index in [2.05, 4.69) is 5.32 Å². The van der Waals surface area contributed by atoms with Crippen LogP contribution in [0.3, 0.4) is 0 Å². The zero-order valence-electron chi connectivity index (χ0n) is 7.79. The van der Waals surface area contributed by atoms with Crippen LogP contribution in [0.1, 0.15) is 12.5 Å². The molecule has 0 bridgehead atoms. The van der Waals surface area contributed by atoms with E-state index in [-0.39, 0.29) is 10.7 Å². The maximum absolute atomic E-state index is 10.5. The average molecular weight is 215 g/mol. The van der Waals surface area contributed by atoms with Crippen LogP contribution in [0.4, 0.5) is 5.69 Å². The molecule has 76 valence electrons. The number of rotatable bonds is 4. The highest BCUT2D eigenvalue weighted by Crippen LogP contribution is 2.24. The van der Waals surface area contributed by atoms with Gasteiger partial charge in [0.05, 0.1) is 4.92 Å². The van der Waals surface area contributed by atoms with Crippen LogP contribution in [-0.2, 0) is 6.54 Å². The molecule has 0 amide bonds. The van der Waals surface area contributed by atoms with Crippen molar-refractivity contribution in [3.63, 3.8) is 0 Å². The normalized spacial score (nSPS) is 10.1. The summed E-state index contributed by atoms with van der Waals surface area (Å²) in [7, 11) is 0. The van der Waals surface area contributed by atoms with Gasteiger partial charge in [-0.1, -0.05) is 24.6 Å². The Morgan fingerprint density at radius 3 is 2.86 bits per heavy atom. The van der Waals surface area contributed by atoms with Crippen LogP contribution < -0.4 is 5.32 Å². The fraction of sp³-hybridized carbons (Fsp3) is 0.333. The summed E-state index contributed by atoms with van der Waals surface area (Å²) in [5.74, 6) is 0. The van der Waals surface area contributed by atoms with Crippen molar-refractivity contribution in [3.05, 3.63) is 38.9 Å². The van der Waals surface area contributed by atoms with E-state index in [1.807, 2.05) is 6.92 Å². The Hall–Kier alpha value is -1.13. The molecule has 0 atom stereocenters. The van der Waals surface area contributed by atoms with E-state index < -0.39 is 4.92 Å².